The predicted octanol–water partition coefficient (Wildman–Crippen LogP) is 1.89. The molecule has 88 valence electrons. The van der Waals surface area contributed by atoms with E-state index in [2.05, 4.69) is 10.3 Å². The SMILES string of the molecule is CCC(CO)NC(=O)c1nc(Cl)ccc1Cl. The van der Waals surface area contributed by atoms with Crippen LogP contribution in [-0.2, 0) is 0 Å². The number of rotatable bonds is 4. The zero-order valence-corrected chi connectivity index (χ0v) is 10.2. The molecule has 0 bridgehead atoms. The van der Waals surface area contributed by atoms with E-state index in [4.69, 9.17) is 28.3 Å². The van der Waals surface area contributed by atoms with Gasteiger partial charge in [-0.2, -0.15) is 0 Å². The first-order valence-electron chi connectivity index (χ1n) is 4.82. The van der Waals surface area contributed by atoms with Gasteiger partial charge in [-0.1, -0.05) is 30.1 Å². The second-order valence-corrected chi connectivity index (χ2v) is 4.02. The van der Waals surface area contributed by atoms with E-state index in [9.17, 15) is 4.79 Å². The lowest BCUT2D eigenvalue weighted by atomic mass is 10.2. The van der Waals surface area contributed by atoms with Crippen LogP contribution in [0.25, 0.3) is 0 Å². The lowest BCUT2D eigenvalue weighted by molar-refractivity contribution is 0.0910. The van der Waals surface area contributed by atoms with Gasteiger partial charge < -0.3 is 10.4 Å². The van der Waals surface area contributed by atoms with Gasteiger partial charge in [0.05, 0.1) is 17.7 Å². The number of carbonyl (C=O) groups excluding carboxylic acids is 1. The average Bonchev–Trinajstić information content (AvgIpc) is 2.28. The summed E-state index contributed by atoms with van der Waals surface area (Å²) in [5, 5.41) is 12.0. The highest BCUT2D eigenvalue weighted by molar-refractivity contribution is 6.34. The number of aliphatic hydroxyl groups is 1. The zero-order chi connectivity index (χ0) is 12.1. The molecule has 0 saturated heterocycles. The highest BCUT2D eigenvalue weighted by Crippen LogP contribution is 2.16. The van der Waals surface area contributed by atoms with Crippen molar-refractivity contribution in [3.05, 3.63) is 28.0 Å². The van der Waals surface area contributed by atoms with Gasteiger partial charge in [-0.15, -0.1) is 0 Å². The maximum atomic E-state index is 11.7. The largest absolute Gasteiger partial charge is 0.394 e. The van der Waals surface area contributed by atoms with Crippen molar-refractivity contribution in [3.8, 4) is 0 Å². The summed E-state index contributed by atoms with van der Waals surface area (Å²) in [5.41, 5.74) is 0.0704. The van der Waals surface area contributed by atoms with Crippen LogP contribution in [0.3, 0.4) is 0 Å². The summed E-state index contributed by atoms with van der Waals surface area (Å²) >= 11 is 11.5. The number of halogens is 2. The van der Waals surface area contributed by atoms with E-state index in [1.54, 1.807) is 0 Å². The molecule has 4 nitrogen and oxygen atoms in total. The maximum Gasteiger partial charge on any atom is 0.271 e. The molecule has 0 aromatic carbocycles. The Hall–Kier alpha value is -0.840. The smallest absolute Gasteiger partial charge is 0.271 e. The van der Waals surface area contributed by atoms with Crippen molar-refractivity contribution < 1.29 is 9.90 Å². The summed E-state index contributed by atoms with van der Waals surface area (Å²) < 4.78 is 0. The van der Waals surface area contributed by atoms with Crippen LogP contribution in [0.15, 0.2) is 12.1 Å². The molecule has 2 N–H and O–H groups in total. The lowest BCUT2D eigenvalue weighted by Crippen LogP contribution is -2.37. The topological polar surface area (TPSA) is 62.2 Å². The fraction of sp³-hybridized carbons (Fsp3) is 0.400. The van der Waals surface area contributed by atoms with Gasteiger partial charge in [-0.25, -0.2) is 4.98 Å². The van der Waals surface area contributed by atoms with E-state index in [0.29, 0.717) is 6.42 Å². The Balaban J connectivity index is 2.83. The van der Waals surface area contributed by atoms with E-state index < -0.39 is 5.91 Å². The lowest BCUT2D eigenvalue weighted by Gasteiger charge is -2.13. The minimum Gasteiger partial charge on any atom is -0.394 e. The second-order valence-electron chi connectivity index (χ2n) is 3.23. The highest BCUT2D eigenvalue weighted by Gasteiger charge is 2.16. The van der Waals surface area contributed by atoms with Crippen LogP contribution in [0.4, 0.5) is 0 Å². The summed E-state index contributed by atoms with van der Waals surface area (Å²) in [4.78, 5) is 15.6. The van der Waals surface area contributed by atoms with Gasteiger partial charge in [0.1, 0.15) is 10.8 Å². The molecule has 1 aromatic heterocycles. The van der Waals surface area contributed by atoms with Crippen molar-refractivity contribution in [1.29, 1.82) is 0 Å². The Morgan fingerprint density at radius 2 is 2.25 bits per heavy atom. The number of carbonyl (C=O) groups is 1. The molecule has 1 rings (SSSR count). The Morgan fingerprint density at radius 3 is 2.81 bits per heavy atom. The molecule has 1 unspecified atom stereocenters. The number of hydrogen-bond donors (Lipinski definition) is 2. The molecule has 1 atom stereocenters. The van der Waals surface area contributed by atoms with E-state index in [1.165, 1.54) is 12.1 Å². The third-order valence-electron chi connectivity index (χ3n) is 2.08. The number of nitrogens with zero attached hydrogens (tertiary/aromatic N) is 1. The van der Waals surface area contributed by atoms with Gasteiger partial charge >= 0.3 is 0 Å². The van der Waals surface area contributed by atoms with Crippen molar-refractivity contribution in [2.45, 2.75) is 19.4 Å². The zero-order valence-electron chi connectivity index (χ0n) is 8.70. The molecular weight excluding hydrogens is 251 g/mol. The van der Waals surface area contributed by atoms with Crippen molar-refractivity contribution in [2.75, 3.05) is 6.61 Å². The van der Waals surface area contributed by atoms with Crippen LogP contribution < -0.4 is 5.32 Å². The summed E-state index contributed by atoms with van der Waals surface area (Å²) in [6.07, 6.45) is 0.625. The normalized spacial score (nSPS) is 12.2. The van der Waals surface area contributed by atoms with Crippen LogP contribution in [0.5, 0.6) is 0 Å². The Labute approximate surface area is 104 Å². The fourth-order valence-electron chi connectivity index (χ4n) is 1.11. The maximum absolute atomic E-state index is 11.7. The number of pyridine rings is 1. The van der Waals surface area contributed by atoms with Gasteiger partial charge in [0.15, 0.2) is 0 Å². The minimum absolute atomic E-state index is 0.0704. The van der Waals surface area contributed by atoms with Gasteiger partial charge in [-0.05, 0) is 18.6 Å². The summed E-state index contributed by atoms with van der Waals surface area (Å²) in [7, 11) is 0. The van der Waals surface area contributed by atoms with Crippen LogP contribution in [-0.4, -0.2) is 28.6 Å². The first-order valence-corrected chi connectivity index (χ1v) is 5.57. The van der Waals surface area contributed by atoms with Crippen LogP contribution in [0.2, 0.25) is 10.2 Å². The van der Waals surface area contributed by atoms with Crippen molar-refractivity contribution >= 4 is 29.1 Å². The van der Waals surface area contributed by atoms with Crippen molar-refractivity contribution in [1.82, 2.24) is 10.3 Å². The molecular formula is C10H12Cl2N2O2. The Bertz CT molecular complexity index is 381. The molecule has 0 saturated carbocycles. The standard InChI is InChI=1S/C10H12Cl2N2O2/c1-2-6(5-15)13-10(16)9-7(11)3-4-8(12)14-9/h3-4,6,15H,2,5H2,1H3,(H,13,16). The average molecular weight is 263 g/mol. The number of nitrogens with one attached hydrogen (secondary N) is 1. The second kappa shape index (κ2) is 6.03. The summed E-state index contributed by atoms with van der Waals surface area (Å²) in [6.45, 7) is 1.73. The molecule has 0 spiro atoms. The number of aliphatic hydroxyl groups excluding tert-OH is 1. The molecule has 0 aliphatic heterocycles. The summed E-state index contributed by atoms with van der Waals surface area (Å²) in [5.74, 6) is -0.437. The first kappa shape index (κ1) is 13.2. The van der Waals surface area contributed by atoms with Gasteiger partial charge in [0.2, 0.25) is 0 Å². The van der Waals surface area contributed by atoms with E-state index in [0.717, 1.165) is 0 Å². The molecule has 1 heterocycles. The van der Waals surface area contributed by atoms with Gasteiger partial charge in [-0.3, -0.25) is 4.79 Å². The fourth-order valence-corrected chi connectivity index (χ4v) is 1.45. The quantitative estimate of drug-likeness (QED) is 0.815. The van der Waals surface area contributed by atoms with Crippen molar-refractivity contribution in [3.63, 3.8) is 0 Å². The molecule has 16 heavy (non-hydrogen) atoms. The van der Waals surface area contributed by atoms with Gasteiger partial charge in [0.25, 0.3) is 5.91 Å². The molecule has 0 aliphatic carbocycles. The number of amides is 1. The number of hydrogen-bond acceptors (Lipinski definition) is 3. The monoisotopic (exact) mass is 262 g/mol. The third-order valence-corrected chi connectivity index (χ3v) is 2.59. The Morgan fingerprint density at radius 1 is 1.56 bits per heavy atom. The van der Waals surface area contributed by atoms with Crippen LogP contribution in [0, 0.1) is 0 Å². The van der Waals surface area contributed by atoms with Crippen molar-refractivity contribution in [2.24, 2.45) is 0 Å². The number of aromatic nitrogens is 1. The Kier molecular flexibility index (Phi) is 4.99. The molecule has 1 aromatic rings. The summed E-state index contributed by atoms with van der Waals surface area (Å²) in [6, 6.07) is 2.71. The third kappa shape index (κ3) is 3.33. The van der Waals surface area contributed by atoms with Gasteiger partial charge in [0, 0.05) is 0 Å². The molecule has 1 amide bonds. The van der Waals surface area contributed by atoms with E-state index in [1.807, 2.05) is 6.92 Å². The highest BCUT2D eigenvalue weighted by atomic mass is 35.5. The van der Waals surface area contributed by atoms with E-state index in [-0.39, 0.29) is 28.5 Å². The van der Waals surface area contributed by atoms with Crippen LogP contribution >= 0.6 is 23.2 Å². The minimum atomic E-state index is -0.437. The van der Waals surface area contributed by atoms with E-state index >= 15 is 0 Å². The van der Waals surface area contributed by atoms with Crippen LogP contribution in [0.1, 0.15) is 23.8 Å². The predicted molar refractivity (Wildman–Crippen MR) is 62.9 cm³/mol. The molecule has 0 aliphatic rings. The molecule has 0 radical (unpaired) electrons. The molecule has 0 fully saturated rings. The molecule has 6 heteroatoms. The first-order chi connectivity index (χ1) is 7.58.